The predicted octanol–water partition coefficient (Wildman–Crippen LogP) is 2.75. The number of hydrogen-bond donors (Lipinski definition) is 3. The maximum atomic E-state index is 5.73. The maximum absolute atomic E-state index is 5.73. The van der Waals surface area contributed by atoms with E-state index in [4.69, 9.17) is 5.73 Å². The van der Waals surface area contributed by atoms with Crippen LogP contribution in [0, 0.1) is 0 Å². The zero-order valence-corrected chi connectivity index (χ0v) is 15.0. The smallest absolute Gasteiger partial charge is 0.188 e. The number of aromatic nitrogens is 1. The van der Waals surface area contributed by atoms with E-state index in [1.807, 2.05) is 37.3 Å². The third-order valence-electron chi connectivity index (χ3n) is 2.85. The summed E-state index contributed by atoms with van der Waals surface area (Å²) < 4.78 is 0. The molecule has 2 rings (SSSR count). The summed E-state index contributed by atoms with van der Waals surface area (Å²) in [4.78, 5) is 8.69. The fourth-order valence-electron chi connectivity index (χ4n) is 1.82. The van der Waals surface area contributed by atoms with Crippen LogP contribution in [0.3, 0.4) is 0 Å². The second-order valence-electron chi connectivity index (χ2n) is 4.90. The normalized spacial score (nSPS) is 10.9. The molecule has 6 heteroatoms. The zero-order chi connectivity index (χ0) is 15.1. The van der Waals surface area contributed by atoms with E-state index in [9.17, 15) is 0 Å². The Hall–Kier alpha value is -1.83. The molecule has 0 unspecified atom stereocenters. The van der Waals surface area contributed by atoms with Crippen molar-refractivity contribution in [2.75, 3.05) is 25.0 Å². The molecule has 0 bridgehead atoms. The average molecular weight is 411 g/mol. The number of anilines is 1. The van der Waals surface area contributed by atoms with Crippen LogP contribution < -0.4 is 16.4 Å². The molecule has 0 saturated heterocycles. The van der Waals surface area contributed by atoms with E-state index in [1.54, 1.807) is 0 Å². The van der Waals surface area contributed by atoms with Crippen LogP contribution in [0.25, 0.3) is 10.9 Å². The van der Waals surface area contributed by atoms with Crippen LogP contribution in [0.2, 0.25) is 0 Å². The highest BCUT2D eigenvalue weighted by atomic mass is 127. The van der Waals surface area contributed by atoms with Gasteiger partial charge in [0.2, 0.25) is 0 Å². The molecule has 0 amide bonds. The highest BCUT2D eigenvalue weighted by Gasteiger charge is 1.97. The lowest BCUT2D eigenvalue weighted by atomic mass is 10.2. The van der Waals surface area contributed by atoms with Crippen molar-refractivity contribution >= 4 is 46.7 Å². The van der Waals surface area contributed by atoms with Crippen LogP contribution in [0.5, 0.6) is 0 Å². The summed E-state index contributed by atoms with van der Waals surface area (Å²) in [5.41, 5.74) is 7.70. The second-order valence-corrected chi connectivity index (χ2v) is 4.90. The molecule has 1 aromatic carbocycles. The number of pyridine rings is 1. The summed E-state index contributed by atoms with van der Waals surface area (Å²) in [6, 6.07) is 12.1. The summed E-state index contributed by atoms with van der Waals surface area (Å²) in [6.07, 6.45) is 0. The van der Waals surface area contributed by atoms with E-state index in [2.05, 4.69) is 33.3 Å². The van der Waals surface area contributed by atoms with Gasteiger partial charge < -0.3 is 16.4 Å². The van der Waals surface area contributed by atoms with E-state index in [1.165, 1.54) is 0 Å². The van der Waals surface area contributed by atoms with Gasteiger partial charge in [-0.1, -0.05) is 30.4 Å². The summed E-state index contributed by atoms with van der Waals surface area (Å²) in [5.74, 6) is 1.29. The highest BCUT2D eigenvalue weighted by molar-refractivity contribution is 14.0. The van der Waals surface area contributed by atoms with Crippen molar-refractivity contribution in [2.45, 2.75) is 6.92 Å². The van der Waals surface area contributed by atoms with Crippen molar-refractivity contribution in [1.29, 1.82) is 0 Å². The number of para-hydroxylation sites is 1. The summed E-state index contributed by atoms with van der Waals surface area (Å²) in [7, 11) is 0. The second kappa shape index (κ2) is 9.24. The molecule has 0 fully saturated rings. The highest BCUT2D eigenvalue weighted by Crippen LogP contribution is 2.13. The molecule has 4 N–H and O–H groups in total. The van der Waals surface area contributed by atoms with E-state index >= 15 is 0 Å². The van der Waals surface area contributed by atoms with Crippen LogP contribution in [0.15, 0.2) is 53.5 Å². The molecule has 2 aromatic rings. The summed E-state index contributed by atoms with van der Waals surface area (Å²) in [5, 5.41) is 7.43. The molecule has 1 aromatic heterocycles. The molecule has 22 heavy (non-hydrogen) atoms. The number of nitrogens with one attached hydrogen (secondary N) is 2. The third-order valence-corrected chi connectivity index (χ3v) is 2.85. The first-order chi connectivity index (χ1) is 10.1. The van der Waals surface area contributed by atoms with Crippen molar-refractivity contribution in [1.82, 2.24) is 10.3 Å². The Morgan fingerprint density at radius 3 is 2.77 bits per heavy atom. The number of nitrogens with zero attached hydrogens (tertiary/aromatic N) is 2. The van der Waals surface area contributed by atoms with Crippen LogP contribution >= 0.6 is 24.0 Å². The van der Waals surface area contributed by atoms with Gasteiger partial charge in [-0.2, -0.15) is 0 Å². The Morgan fingerprint density at radius 2 is 2.00 bits per heavy atom. The fourth-order valence-corrected chi connectivity index (χ4v) is 1.82. The number of benzene rings is 1. The van der Waals surface area contributed by atoms with Crippen LogP contribution in [-0.4, -0.2) is 30.6 Å². The van der Waals surface area contributed by atoms with Gasteiger partial charge in [0.15, 0.2) is 5.96 Å². The van der Waals surface area contributed by atoms with Crippen LogP contribution in [0.1, 0.15) is 6.92 Å². The third kappa shape index (κ3) is 5.88. The Bertz CT molecular complexity index is 654. The predicted molar refractivity (Wildman–Crippen MR) is 105 cm³/mol. The van der Waals surface area contributed by atoms with Gasteiger partial charge >= 0.3 is 0 Å². The summed E-state index contributed by atoms with van der Waals surface area (Å²) >= 11 is 0. The van der Waals surface area contributed by atoms with Crippen LogP contribution in [-0.2, 0) is 0 Å². The van der Waals surface area contributed by atoms with E-state index in [0.717, 1.165) is 22.3 Å². The monoisotopic (exact) mass is 411 g/mol. The number of fused-ring (bicyclic) bond motifs is 1. The lowest BCUT2D eigenvalue weighted by molar-refractivity contribution is 0.886. The minimum absolute atomic E-state index is 0. The van der Waals surface area contributed by atoms with Crippen molar-refractivity contribution < 1.29 is 0 Å². The largest absolute Gasteiger partial charge is 0.370 e. The van der Waals surface area contributed by atoms with Gasteiger partial charge in [-0.15, -0.1) is 24.0 Å². The number of hydrogen-bond acceptors (Lipinski definition) is 3. The Labute approximate surface area is 148 Å². The minimum Gasteiger partial charge on any atom is -0.370 e. The zero-order valence-electron chi connectivity index (χ0n) is 12.7. The van der Waals surface area contributed by atoms with Gasteiger partial charge in [0.05, 0.1) is 12.1 Å². The number of nitrogens with two attached hydrogens (primary N) is 1. The topological polar surface area (TPSA) is 75.3 Å². The first-order valence-electron chi connectivity index (χ1n) is 6.93. The Balaban J connectivity index is 0.00000242. The quantitative estimate of drug-likeness (QED) is 0.225. The number of aliphatic imine (C=N–C) groups is 1. The fraction of sp³-hybridized carbons (Fsp3) is 0.250. The van der Waals surface area contributed by atoms with Crippen molar-refractivity contribution in [3.63, 3.8) is 0 Å². The maximum Gasteiger partial charge on any atom is 0.188 e. The van der Waals surface area contributed by atoms with E-state index in [0.29, 0.717) is 25.6 Å². The van der Waals surface area contributed by atoms with Gasteiger partial charge in [0.1, 0.15) is 5.82 Å². The summed E-state index contributed by atoms with van der Waals surface area (Å²) in [6.45, 7) is 7.65. The minimum atomic E-state index is 0. The molecule has 0 spiro atoms. The lowest BCUT2D eigenvalue weighted by Crippen LogP contribution is -2.35. The molecule has 0 radical (unpaired) electrons. The van der Waals surface area contributed by atoms with Crippen molar-refractivity contribution in [3.8, 4) is 0 Å². The van der Waals surface area contributed by atoms with E-state index in [-0.39, 0.29) is 24.0 Å². The molecule has 0 aliphatic carbocycles. The molecule has 0 aliphatic heterocycles. The molecule has 0 atom stereocenters. The standard InChI is InChI=1S/C16H21N5.HI/c1-12(2)11-20-16(17)19-10-9-18-15-8-7-13-5-3-4-6-14(13)21-15;/h3-8H,1,9-11H2,2H3,(H,18,21)(H3,17,19,20);1H. The van der Waals surface area contributed by atoms with Crippen molar-refractivity contribution in [3.05, 3.63) is 48.6 Å². The Kier molecular flexibility index (Phi) is 7.65. The van der Waals surface area contributed by atoms with Gasteiger partial charge in [-0.05, 0) is 25.1 Å². The van der Waals surface area contributed by atoms with Gasteiger partial charge in [0.25, 0.3) is 0 Å². The first-order valence-corrected chi connectivity index (χ1v) is 6.93. The Morgan fingerprint density at radius 1 is 1.23 bits per heavy atom. The lowest BCUT2D eigenvalue weighted by Gasteiger charge is -2.08. The van der Waals surface area contributed by atoms with Crippen molar-refractivity contribution in [2.24, 2.45) is 10.7 Å². The molecular formula is C16H22IN5. The molecular weight excluding hydrogens is 389 g/mol. The average Bonchev–Trinajstić information content (AvgIpc) is 2.49. The number of guanidine groups is 1. The van der Waals surface area contributed by atoms with Crippen LogP contribution in [0.4, 0.5) is 5.82 Å². The molecule has 5 nitrogen and oxygen atoms in total. The van der Waals surface area contributed by atoms with Gasteiger partial charge in [-0.3, -0.25) is 0 Å². The van der Waals surface area contributed by atoms with Gasteiger partial charge in [-0.25, -0.2) is 9.98 Å². The molecule has 1 heterocycles. The first kappa shape index (κ1) is 18.2. The van der Waals surface area contributed by atoms with E-state index < -0.39 is 0 Å². The number of rotatable bonds is 6. The number of halogens is 1. The molecule has 0 aliphatic rings. The molecule has 118 valence electrons. The molecule has 0 saturated carbocycles. The van der Waals surface area contributed by atoms with Gasteiger partial charge in [0, 0.05) is 18.5 Å². The SMILES string of the molecule is C=C(C)CN=C(N)NCCNc1ccc2ccccc2n1.I.